The zero-order valence-corrected chi connectivity index (χ0v) is 11.3. The van der Waals surface area contributed by atoms with Crippen molar-refractivity contribution in [3.8, 4) is 0 Å². The van der Waals surface area contributed by atoms with E-state index >= 15 is 0 Å². The molecule has 102 valence electrons. The van der Waals surface area contributed by atoms with E-state index in [1.165, 1.54) is 0 Å². The van der Waals surface area contributed by atoms with E-state index in [1.54, 1.807) is 0 Å². The van der Waals surface area contributed by atoms with Gasteiger partial charge >= 0.3 is 0 Å². The Balaban J connectivity index is 3.80. The summed E-state index contributed by atoms with van der Waals surface area (Å²) in [4.78, 5) is 4.40. The van der Waals surface area contributed by atoms with Crippen LogP contribution in [0.4, 0.5) is 0 Å². The van der Waals surface area contributed by atoms with Gasteiger partial charge in [-0.15, -0.1) is 0 Å². The Labute approximate surface area is 105 Å². The van der Waals surface area contributed by atoms with Gasteiger partial charge in [-0.05, 0) is 26.2 Å². The molecule has 0 amide bonds. The second-order valence-corrected chi connectivity index (χ2v) is 3.98. The maximum absolute atomic E-state index is 8.92. The van der Waals surface area contributed by atoms with E-state index in [-0.39, 0.29) is 12.5 Å². The Morgan fingerprint density at radius 3 is 2.71 bits per heavy atom. The SMILES string of the molecule is CCNC(=NCC(C)CO)NCCCOCC. The maximum atomic E-state index is 8.92. The van der Waals surface area contributed by atoms with Gasteiger partial charge in [0, 0.05) is 39.5 Å². The summed E-state index contributed by atoms with van der Waals surface area (Å²) in [6.07, 6.45) is 0.966. The molecule has 0 saturated carbocycles. The molecule has 3 N–H and O–H groups in total. The molecule has 0 spiro atoms. The van der Waals surface area contributed by atoms with Gasteiger partial charge < -0.3 is 20.5 Å². The predicted octanol–water partition coefficient (Wildman–Crippen LogP) is 0.597. The van der Waals surface area contributed by atoms with Crippen LogP contribution in [0.15, 0.2) is 4.99 Å². The highest BCUT2D eigenvalue weighted by molar-refractivity contribution is 5.79. The summed E-state index contributed by atoms with van der Waals surface area (Å²) in [5.74, 6) is 1.01. The van der Waals surface area contributed by atoms with Crippen LogP contribution in [-0.2, 0) is 4.74 Å². The van der Waals surface area contributed by atoms with Crippen LogP contribution in [0.3, 0.4) is 0 Å². The summed E-state index contributed by atoms with van der Waals surface area (Å²) in [5.41, 5.74) is 0. The Bertz CT molecular complexity index is 198. The zero-order valence-electron chi connectivity index (χ0n) is 11.3. The molecule has 0 aromatic heterocycles. The number of hydrogen-bond acceptors (Lipinski definition) is 3. The van der Waals surface area contributed by atoms with Crippen LogP contribution in [0.5, 0.6) is 0 Å². The molecule has 0 heterocycles. The zero-order chi connectivity index (χ0) is 12.9. The fraction of sp³-hybridized carbons (Fsp3) is 0.917. The van der Waals surface area contributed by atoms with Crippen molar-refractivity contribution < 1.29 is 9.84 Å². The Hall–Kier alpha value is -0.810. The molecular formula is C12H27N3O2. The number of aliphatic imine (C=N–C) groups is 1. The van der Waals surface area contributed by atoms with Crippen molar-refractivity contribution in [2.24, 2.45) is 10.9 Å². The van der Waals surface area contributed by atoms with Gasteiger partial charge in [0.15, 0.2) is 5.96 Å². The van der Waals surface area contributed by atoms with Crippen LogP contribution >= 0.6 is 0 Å². The van der Waals surface area contributed by atoms with E-state index in [2.05, 4.69) is 15.6 Å². The summed E-state index contributed by atoms with van der Waals surface area (Å²) < 4.78 is 5.26. The average Bonchev–Trinajstić information content (AvgIpc) is 2.35. The van der Waals surface area contributed by atoms with Crippen molar-refractivity contribution in [3.05, 3.63) is 0 Å². The van der Waals surface area contributed by atoms with Crippen molar-refractivity contribution >= 4 is 5.96 Å². The van der Waals surface area contributed by atoms with Crippen molar-refractivity contribution in [2.45, 2.75) is 27.2 Å². The number of nitrogens with one attached hydrogen (secondary N) is 2. The highest BCUT2D eigenvalue weighted by Crippen LogP contribution is 1.92. The lowest BCUT2D eigenvalue weighted by atomic mass is 10.2. The number of nitrogens with zero attached hydrogens (tertiary/aromatic N) is 1. The first-order chi connectivity index (χ1) is 8.24. The van der Waals surface area contributed by atoms with Gasteiger partial charge in [-0.1, -0.05) is 6.92 Å². The molecule has 0 aliphatic rings. The van der Waals surface area contributed by atoms with Crippen LogP contribution in [0.1, 0.15) is 27.2 Å². The number of aliphatic hydroxyl groups excluding tert-OH is 1. The summed E-state index contributed by atoms with van der Waals surface area (Å²) in [5, 5.41) is 15.3. The molecule has 1 atom stereocenters. The molecule has 0 bridgehead atoms. The van der Waals surface area contributed by atoms with Gasteiger partial charge in [0.05, 0.1) is 0 Å². The van der Waals surface area contributed by atoms with Crippen molar-refractivity contribution in [2.75, 3.05) is 39.5 Å². The van der Waals surface area contributed by atoms with Crippen LogP contribution < -0.4 is 10.6 Å². The van der Waals surface area contributed by atoms with E-state index in [0.717, 1.165) is 38.7 Å². The minimum Gasteiger partial charge on any atom is -0.396 e. The third-order valence-corrected chi connectivity index (χ3v) is 2.18. The van der Waals surface area contributed by atoms with E-state index in [9.17, 15) is 0 Å². The molecule has 0 rings (SSSR count). The van der Waals surface area contributed by atoms with E-state index in [4.69, 9.17) is 9.84 Å². The smallest absolute Gasteiger partial charge is 0.191 e. The van der Waals surface area contributed by atoms with E-state index in [1.807, 2.05) is 20.8 Å². The first-order valence-corrected chi connectivity index (χ1v) is 6.45. The standard InChI is InChI=1S/C12H27N3O2/c1-4-13-12(15-9-11(3)10-16)14-7-6-8-17-5-2/h11,16H,4-10H2,1-3H3,(H2,13,14,15). The molecular weight excluding hydrogens is 218 g/mol. The summed E-state index contributed by atoms with van der Waals surface area (Å²) in [6.45, 7) is 10.0. The number of ether oxygens (including phenoxy) is 1. The van der Waals surface area contributed by atoms with Crippen molar-refractivity contribution in [1.29, 1.82) is 0 Å². The largest absolute Gasteiger partial charge is 0.396 e. The molecule has 0 aliphatic heterocycles. The Kier molecular flexibility index (Phi) is 11.1. The lowest BCUT2D eigenvalue weighted by Gasteiger charge is -2.12. The molecule has 5 heteroatoms. The van der Waals surface area contributed by atoms with Crippen LogP contribution in [-0.4, -0.2) is 50.5 Å². The first-order valence-electron chi connectivity index (χ1n) is 6.45. The molecule has 0 aromatic rings. The van der Waals surface area contributed by atoms with Gasteiger partial charge in [-0.3, -0.25) is 4.99 Å². The molecule has 0 saturated heterocycles. The second kappa shape index (κ2) is 11.7. The monoisotopic (exact) mass is 245 g/mol. The van der Waals surface area contributed by atoms with E-state index < -0.39 is 0 Å². The second-order valence-electron chi connectivity index (χ2n) is 3.98. The van der Waals surface area contributed by atoms with Crippen LogP contribution in [0, 0.1) is 5.92 Å². The predicted molar refractivity (Wildman–Crippen MR) is 71.3 cm³/mol. The molecule has 5 nitrogen and oxygen atoms in total. The highest BCUT2D eigenvalue weighted by atomic mass is 16.5. The molecule has 1 unspecified atom stereocenters. The average molecular weight is 245 g/mol. The van der Waals surface area contributed by atoms with Crippen molar-refractivity contribution in [3.63, 3.8) is 0 Å². The highest BCUT2D eigenvalue weighted by Gasteiger charge is 2.00. The quantitative estimate of drug-likeness (QED) is 0.316. The number of guanidine groups is 1. The molecule has 0 radical (unpaired) electrons. The van der Waals surface area contributed by atoms with Gasteiger partial charge in [-0.2, -0.15) is 0 Å². The molecule has 0 aromatic carbocycles. The summed E-state index contributed by atoms with van der Waals surface area (Å²) >= 11 is 0. The fourth-order valence-corrected chi connectivity index (χ4v) is 1.17. The summed E-state index contributed by atoms with van der Waals surface area (Å²) in [6, 6.07) is 0. The maximum Gasteiger partial charge on any atom is 0.191 e. The van der Waals surface area contributed by atoms with Crippen molar-refractivity contribution in [1.82, 2.24) is 10.6 Å². The first kappa shape index (κ1) is 16.2. The minimum absolute atomic E-state index is 0.174. The number of hydrogen-bond donors (Lipinski definition) is 3. The lowest BCUT2D eigenvalue weighted by molar-refractivity contribution is 0.145. The topological polar surface area (TPSA) is 65.9 Å². The molecule has 17 heavy (non-hydrogen) atoms. The van der Waals surface area contributed by atoms with Gasteiger partial charge in [0.1, 0.15) is 0 Å². The fourth-order valence-electron chi connectivity index (χ4n) is 1.17. The summed E-state index contributed by atoms with van der Waals surface area (Å²) in [7, 11) is 0. The van der Waals surface area contributed by atoms with Crippen LogP contribution in [0.2, 0.25) is 0 Å². The molecule has 0 fully saturated rings. The van der Waals surface area contributed by atoms with Gasteiger partial charge in [-0.25, -0.2) is 0 Å². The van der Waals surface area contributed by atoms with Gasteiger partial charge in [0.2, 0.25) is 0 Å². The normalized spacial score (nSPS) is 13.5. The van der Waals surface area contributed by atoms with E-state index in [0.29, 0.717) is 6.54 Å². The molecule has 0 aliphatic carbocycles. The van der Waals surface area contributed by atoms with Gasteiger partial charge in [0.25, 0.3) is 0 Å². The Morgan fingerprint density at radius 2 is 2.12 bits per heavy atom. The number of rotatable bonds is 9. The third kappa shape index (κ3) is 10.1. The minimum atomic E-state index is 0.174. The lowest BCUT2D eigenvalue weighted by Crippen LogP contribution is -2.38. The van der Waals surface area contributed by atoms with Crippen LogP contribution in [0.25, 0.3) is 0 Å². The third-order valence-electron chi connectivity index (χ3n) is 2.18. The number of aliphatic hydroxyl groups is 1. The Morgan fingerprint density at radius 1 is 1.35 bits per heavy atom.